The highest BCUT2D eigenvalue weighted by Crippen LogP contribution is 2.12. The first kappa shape index (κ1) is 8.30. The minimum atomic E-state index is 0.232. The zero-order valence-corrected chi connectivity index (χ0v) is 7.60. The van der Waals surface area contributed by atoms with E-state index in [1.165, 1.54) is 0 Å². The van der Waals surface area contributed by atoms with Gasteiger partial charge in [0.15, 0.2) is 0 Å². The molecule has 0 bridgehead atoms. The Hall–Kier alpha value is -1.31. The lowest BCUT2D eigenvalue weighted by molar-refractivity contribution is 0.327. The molecule has 0 aromatic heterocycles. The topological polar surface area (TPSA) is 21.6 Å². The number of benzene rings is 1. The van der Waals surface area contributed by atoms with Crippen LogP contribution >= 0.6 is 0 Å². The number of hydrogen-bond donors (Lipinski definition) is 0. The molecule has 1 aromatic carbocycles. The molecule has 1 aromatic rings. The van der Waals surface area contributed by atoms with Gasteiger partial charge >= 0.3 is 0 Å². The molecule has 0 aliphatic carbocycles. The molecular formula is C11H12NO. The predicted octanol–water partition coefficient (Wildman–Crippen LogP) is 2.06. The zero-order valence-electron chi connectivity index (χ0n) is 7.60. The lowest BCUT2D eigenvalue weighted by Crippen LogP contribution is -2.04. The Kier molecular flexibility index (Phi) is 2.30. The van der Waals surface area contributed by atoms with Crippen LogP contribution in [0.5, 0.6) is 0 Å². The minimum Gasteiger partial charge on any atom is -0.475 e. The molecule has 13 heavy (non-hydrogen) atoms. The lowest BCUT2D eigenvalue weighted by Gasteiger charge is -1.99. The molecule has 1 atom stereocenters. The van der Waals surface area contributed by atoms with E-state index in [-0.39, 0.29) is 6.04 Å². The van der Waals surface area contributed by atoms with Crippen LogP contribution in [0, 0.1) is 6.42 Å². The molecule has 0 N–H and O–H groups in total. The first-order valence-corrected chi connectivity index (χ1v) is 4.45. The molecule has 0 amide bonds. The fourth-order valence-corrected chi connectivity index (χ4v) is 1.30. The van der Waals surface area contributed by atoms with Crippen molar-refractivity contribution < 1.29 is 4.74 Å². The van der Waals surface area contributed by atoms with Crippen LogP contribution in [-0.2, 0) is 4.74 Å². The van der Waals surface area contributed by atoms with Gasteiger partial charge in [0.2, 0.25) is 5.90 Å². The van der Waals surface area contributed by atoms with E-state index in [0.717, 1.165) is 11.5 Å². The molecule has 1 aliphatic rings. The van der Waals surface area contributed by atoms with E-state index < -0.39 is 0 Å². The number of hydrogen-bond acceptors (Lipinski definition) is 2. The number of ether oxygens (including phenoxy) is 1. The number of nitrogens with zero attached hydrogens (tertiary/aromatic N) is 1. The second-order valence-electron chi connectivity index (χ2n) is 3.01. The van der Waals surface area contributed by atoms with Gasteiger partial charge in [-0.25, -0.2) is 4.99 Å². The average molecular weight is 174 g/mol. The van der Waals surface area contributed by atoms with Gasteiger partial charge in [0.25, 0.3) is 0 Å². The van der Waals surface area contributed by atoms with Crippen LogP contribution in [0.25, 0.3) is 0 Å². The van der Waals surface area contributed by atoms with E-state index in [9.17, 15) is 0 Å². The van der Waals surface area contributed by atoms with Crippen molar-refractivity contribution in [3.8, 4) is 0 Å². The Morgan fingerprint density at radius 1 is 1.38 bits per heavy atom. The summed E-state index contributed by atoms with van der Waals surface area (Å²) in [6, 6.07) is 10.2. The summed E-state index contributed by atoms with van der Waals surface area (Å²) in [6.07, 6.45) is 2.05. The maximum atomic E-state index is 5.46. The molecule has 0 fully saturated rings. The Balaban J connectivity index is 2.19. The third-order valence-corrected chi connectivity index (χ3v) is 2.08. The first-order valence-electron chi connectivity index (χ1n) is 4.45. The van der Waals surface area contributed by atoms with E-state index in [4.69, 9.17) is 4.74 Å². The van der Waals surface area contributed by atoms with E-state index in [1.807, 2.05) is 37.3 Å². The normalized spacial score (nSPS) is 21.0. The van der Waals surface area contributed by atoms with Crippen molar-refractivity contribution in [2.75, 3.05) is 6.61 Å². The fourth-order valence-electron chi connectivity index (χ4n) is 1.30. The van der Waals surface area contributed by atoms with E-state index in [1.54, 1.807) is 0 Å². The van der Waals surface area contributed by atoms with Crippen molar-refractivity contribution in [3.05, 3.63) is 42.3 Å². The molecule has 0 spiro atoms. The third kappa shape index (κ3) is 1.72. The first-order chi connectivity index (χ1) is 6.40. The third-order valence-electron chi connectivity index (χ3n) is 2.08. The molecular weight excluding hydrogens is 162 g/mol. The summed E-state index contributed by atoms with van der Waals surface area (Å²) < 4.78 is 5.46. The van der Waals surface area contributed by atoms with Crippen LogP contribution in [0.1, 0.15) is 12.5 Å². The molecule has 2 heteroatoms. The highest BCUT2D eigenvalue weighted by molar-refractivity contribution is 5.95. The monoisotopic (exact) mass is 174 g/mol. The molecule has 2 rings (SSSR count). The molecule has 0 saturated carbocycles. The number of rotatable bonds is 2. The van der Waals surface area contributed by atoms with Gasteiger partial charge < -0.3 is 4.74 Å². The van der Waals surface area contributed by atoms with Crippen LogP contribution in [0.3, 0.4) is 0 Å². The molecule has 1 heterocycles. The highest BCUT2D eigenvalue weighted by atomic mass is 16.5. The Bertz CT molecular complexity index is 305. The van der Waals surface area contributed by atoms with Gasteiger partial charge in [-0.3, -0.25) is 0 Å². The summed E-state index contributed by atoms with van der Waals surface area (Å²) in [4.78, 5) is 4.42. The van der Waals surface area contributed by atoms with Crippen LogP contribution in [0.4, 0.5) is 0 Å². The Labute approximate surface area is 78.3 Å². The molecule has 0 saturated heterocycles. The maximum Gasteiger partial charge on any atom is 0.216 e. The molecule has 1 aliphatic heterocycles. The second-order valence-corrected chi connectivity index (χ2v) is 3.01. The fraction of sp³-hybridized carbons (Fsp3) is 0.273. The molecule has 1 radical (unpaired) electrons. The SMILES string of the molecule is C[CH][C@H]1COC(c2ccccc2)=N1. The lowest BCUT2D eigenvalue weighted by atomic mass is 10.2. The highest BCUT2D eigenvalue weighted by Gasteiger charge is 2.17. The smallest absolute Gasteiger partial charge is 0.216 e. The van der Waals surface area contributed by atoms with Crippen LogP contribution in [0.2, 0.25) is 0 Å². The van der Waals surface area contributed by atoms with E-state index in [0.29, 0.717) is 6.61 Å². The van der Waals surface area contributed by atoms with Crippen molar-refractivity contribution in [3.63, 3.8) is 0 Å². The molecule has 0 unspecified atom stereocenters. The van der Waals surface area contributed by atoms with Crippen molar-refractivity contribution >= 4 is 5.90 Å². The van der Waals surface area contributed by atoms with Gasteiger partial charge in [-0.15, -0.1) is 0 Å². The van der Waals surface area contributed by atoms with Gasteiger partial charge in [0, 0.05) is 5.56 Å². The predicted molar refractivity (Wildman–Crippen MR) is 52.7 cm³/mol. The summed E-state index contributed by atoms with van der Waals surface area (Å²) in [5.41, 5.74) is 1.06. The van der Waals surface area contributed by atoms with E-state index in [2.05, 4.69) is 11.4 Å². The summed E-state index contributed by atoms with van der Waals surface area (Å²) >= 11 is 0. The van der Waals surface area contributed by atoms with E-state index >= 15 is 0 Å². The summed E-state index contributed by atoms with van der Waals surface area (Å²) in [6.45, 7) is 2.69. The van der Waals surface area contributed by atoms with Crippen molar-refractivity contribution in [2.45, 2.75) is 13.0 Å². The summed E-state index contributed by atoms with van der Waals surface area (Å²) in [5, 5.41) is 0. The standard InChI is InChI=1S/C11H12NO/c1-2-10-8-13-11(12-10)9-6-4-3-5-7-9/h2-7,10H,8H2,1H3/t10-/m0/s1. The van der Waals surface area contributed by atoms with Crippen LogP contribution < -0.4 is 0 Å². The van der Waals surface area contributed by atoms with Crippen LogP contribution in [-0.4, -0.2) is 18.5 Å². The Morgan fingerprint density at radius 3 is 2.77 bits per heavy atom. The number of aliphatic imine (C=N–C) groups is 1. The van der Waals surface area contributed by atoms with Gasteiger partial charge in [0.05, 0.1) is 6.04 Å². The van der Waals surface area contributed by atoms with Crippen molar-refractivity contribution in [1.29, 1.82) is 0 Å². The van der Waals surface area contributed by atoms with Gasteiger partial charge in [-0.2, -0.15) is 0 Å². The quantitative estimate of drug-likeness (QED) is 0.672. The second kappa shape index (κ2) is 3.60. The van der Waals surface area contributed by atoms with Gasteiger partial charge in [-0.05, 0) is 18.6 Å². The summed E-state index contributed by atoms with van der Waals surface area (Å²) in [5.74, 6) is 0.767. The average Bonchev–Trinajstić information content (AvgIpc) is 2.67. The zero-order chi connectivity index (χ0) is 9.10. The minimum absolute atomic E-state index is 0.232. The summed E-state index contributed by atoms with van der Waals surface area (Å²) in [7, 11) is 0. The van der Waals surface area contributed by atoms with Crippen molar-refractivity contribution in [2.24, 2.45) is 4.99 Å². The van der Waals surface area contributed by atoms with Crippen molar-refractivity contribution in [1.82, 2.24) is 0 Å². The van der Waals surface area contributed by atoms with Gasteiger partial charge in [0.1, 0.15) is 6.61 Å². The molecule has 2 nitrogen and oxygen atoms in total. The van der Waals surface area contributed by atoms with Crippen LogP contribution in [0.15, 0.2) is 35.3 Å². The Morgan fingerprint density at radius 2 is 2.15 bits per heavy atom. The van der Waals surface area contributed by atoms with Gasteiger partial charge in [-0.1, -0.05) is 25.1 Å². The molecule has 67 valence electrons. The largest absolute Gasteiger partial charge is 0.475 e. The maximum absolute atomic E-state index is 5.46.